The standard InChI is InChI=1S/C11H22N2OS/c1-4-10-11(14)13(8-12-10)9(3)6-7-15-5-2/h9-10,12H,4-8H2,1-3H3. The third-order valence-electron chi connectivity index (χ3n) is 2.91. The van der Waals surface area contributed by atoms with Gasteiger partial charge in [0.15, 0.2) is 0 Å². The van der Waals surface area contributed by atoms with Crippen LogP contribution in [-0.2, 0) is 4.79 Å². The minimum absolute atomic E-state index is 0.0614. The molecule has 0 aliphatic carbocycles. The van der Waals surface area contributed by atoms with E-state index in [4.69, 9.17) is 0 Å². The predicted molar refractivity (Wildman–Crippen MR) is 66.0 cm³/mol. The molecule has 4 heteroatoms. The third-order valence-corrected chi connectivity index (χ3v) is 3.85. The largest absolute Gasteiger partial charge is 0.326 e. The van der Waals surface area contributed by atoms with Crippen LogP contribution in [-0.4, -0.2) is 41.1 Å². The molecule has 2 atom stereocenters. The quantitative estimate of drug-likeness (QED) is 0.705. The zero-order valence-corrected chi connectivity index (χ0v) is 10.8. The molecule has 1 rings (SSSR count). The van der Waals surface area contributed by atoms with Gasteiger partial charge in [-0.25, -0.2) is 0 Å². The number of carbonyl (C=O) groups is 1. The summed E-state index contributed by atoms with van der Waals surface area (Å²) >= 11 is 1.94. The molecule has 0 radical (unpaired) electrons. The SMILES string of the molecule is CCSCCC(C)N1CNC(CC)C1=O. The highest BCUT2D eigenvalue weighted by Crippen LogP contribution is 2.14. The molecule has 1 aliphatic rings. The van der Waals surface area contributed by atoms with Gasteiger partial charge in [-0.05, 0) is 31.3 Å². The van der Waals surface area contributed by atoms with E-state index in [-0.39, 0.29) is 11.9 Å². The summed E-state index contributed by atoms with van der Waals surface area (Å²) in [6.45, 7) is 7.10. The highest BCUT2D eigenvalue weighted by molar-refractivity contribution is 7.99. The van der Waals surface area contributed by atoms with Crippen LogP contribution < -0.4 is 5.32 Å². The molecule has 1 fully saturated rings. The average Bonchev–Trinajstić information content (AvgIpc) is 2.60. The number of nitrogens with one attached hydrogen (secondary N) is 1. The fourth-order valence-electron chi connectivity index (χ4n) is 1.82. The zero-order valence-electron chi connectivity index (χ0n) is 9.95. The lowest BCUT2D eigenvalue weighted by Crippen LogP contribution is -2.37. The van der Waals surface area contributed by atoms with Gasteiger partial charge in [-0.1, -0.05) is 13.8 Å². The van der Waals surface area contributed by atoms with Crippen LogP contribution in [0.15, 0.2) is 0 Å². The Balaban J connectivity index is 2.34. The molecule has 15 heavy (non-hydrogen) atoms. The van der Waals surface area contributed by atoms with E-state index in [1.165, 1.54) is 0 Å². The van der Waals surface area contributed by atoms with Crippen LogP contribution in [0, 0.1) is 0 Å². The second-order valence-corrected chi connectivity index (χ2v) is 5.36. The van der Waals surface area contributed by atoms with E-state index in [2.05, 4.69) is 26.1 Å². The van der Waals surface area contributed by atoms with Crippen LogP contribution in [0.2, 0.25) is 0 Å². The lowest BCUT2D eigenvalue weighted by Gasteiger charge is -2.23. The van der Waals surface area contributed by atoms with E-state index < -0.39 is 0 Å². The lowest BCUT2D eigenvalue weighted by atomic mass is 10.2. The van der Waals surface area contributed by atoms with Gasteiger partial charge in [0.2, 0.25) is 5.91 Å². The molecule has 3 nitrogen and oxygen atoms in total. The molecular formula is C11H22N2OS. The fraction of sp³-hybridized carbons (Fsp3) is 0.909. The van der Waals surface area contributed by atoms with Crippen molar-refractivity contribution in [3.8, 4) is 0 Å². The maximum atomic E-state index is 11.9. The number of nitrogens with zero attached hydrogens (tertiary/aromatic N) is 1. The summed E-state index contributed by atoms with van der Waals surface area (Å²) in [6.07, 6.45) is 1.99. The van der Waals surface area contributed by atoms with E-state index >= 15 is 0 Å². The van der Waals surface area contributed by atoms with Gasteiger partial charge in [-0.3, -0.25) is 10.1 Å². The summed E-state index contributed by atoms with van der Waals surface area (Å²) in [5.41, 5.74) is 0. The number of hydrogen-bond acceptors (Lipinski definition) is 3. The first kappa shape index (κ1) is 12.8. The zero-order chi connectivity index (χ0) is 11.3. The van der Waals surface area contributed by atoms with Crippen LogP contribution in [0.4, 0.5) is 0 Å². The van der Waals surface area contributed by atoms with Gasteiger partial charge in [-0.2, -0.15) is 11.8 Å². The first-order valence-corrected chi connectivity index (χ1v) is 6.97. The summed E-state index contributed by atoms with van der Waals surface area (Å²) in [5.74, 6) is 2.60. The van der Waals surface area contributed by atoms with Gasteiger partial charge < -0.3 is 4.90 Å². The average molecular weight is 230 g/mol. The number of carbonyl (C=O) groups excluding carboxylic acids is 1. The highest BCUT2D eigenvalue weighted by atomic mass is 32.2. The van der Waals surface area contributed by atoms with Crippen molar-refractivity contribution in [3.63, 3.8) is 0 Å². The van der Waals surface area contributed by atoms with Crippen LogP contribution >= 0.6 is 11.8 Å². The molecule has 2 unspecified atom stereocenters. The fourth-order valence-corrected chi connectivity index (χ4v) is 2.62. The molecule has 1 N–H and O–H groups in total. The van der Waals surface area contributed by atoms with Gasteiger partial charge >= 0.3 is 0 Å². The summed E-state index contributed by atoms with van der Waals surface area (Å²) in [6, 6.07) is 0.437. The summed E-state index contributed by atoms with van der Waals surface area (Å²) in [7, 11) is 0. The van der Waals surface area contributed by atoms with Crippen molar-refractivity contribution < 1.29 is 4.79 Å². The molecule has 1 amide bonds. The Morgan fingerprint density at radius 2 is 2.33 bits per heavy atom. The van der Waals surface area contributed by atoms with E-state index in [1.54, 1.807) is 0 Å². The van der Waals surface area contributed by atoms with Gasteiger partial charge in [0.25, 0.3) is 0 Å². The van der Waals surface area contributed by atoms with Crippen molar-refractivity contribution in [3.05, 3.63) is 0 Å². The topological polar surface area (TPSA) is 32.3 Å². The van der Waals surface area contributed by atoms with Crippen LogP contribution in [0.25, 0.3) is 0 Å². The molecular weight excluding hydrogens is 208 g/mol. The Labute approximate surface area is 97.0 Å². The third kappa shape index (κ3) is 3.38. The summed E-state index contributed by atoms with van der Waals surface area (Å²) in [5, 5.41) is 3.25. The van der Waals surface area contributed by atoms with E-state index in [0.717, 1.165) is 31.0 Å². The molecule has 0 saturated carbocycles. The van der Waals surface area contributed by atoms with Crippen molar-refractivity contribution in [2.75, 3.05) is 18.2 Å². The van der Waals surface area contributed by atoms with E-state index in [0.29, 0.717) is 6.04 Å². The molecule has 0 bridgehead atoms. The predicted octanol–water partition coefficient (Wildman–Crippen LogP) is 1.69. The van der Waals surface area contributed by atoms with Gasteiger partial charge in [-0.15, -0.1) is 0 Å². The number of amides is 1. The Bertz CT molecular complexity index is 211. The lowest BCUT2D eigenvalue weighted by molar-refractivity contribution is -0.130. The molecule has 1 aliphatic heterocycles. The van der Waals surface area contributed by atoms with Crippen LogP contribution in [0.3, 0.4) is 0 Å². The number of hydrogen-bond donors (Lipinski definition) is 1. The maximum absolute atomic E-state index is 11.9. The van der Waals surface area contributed by atoms with E-state index in [9.17, 15) is 4.79 Å². The first-order chi connectivity index (χ1) is 7.20. The normalized spacial score (nSPS) is 23.5. The Kier molecular flexibility index (Phi) is 5.47. The van der Waals surface area contributed by atoms with Crippen molar-refractivity contribution >= 4 is 17.7 Å². The van der Waals surface area contributed by atoms with Crippen molar-refractivity contribution in [2.24, 2.45) is 0 Å². The van der Waals surface area contributed by atoms with E-state index in [1.807, 2.05) is 16.7 Å². The molecule has 0 spiro atoms. The smallest absolute Gasteiger partial charge is 0.241 e. The molecule has 0 aromatic carbocycles. The Morgan fingerprint density at radius 1 is 1.60 bits per heavy atom. The van der Waals surface area contributed by atoms with Crippen LogP contribution in [0.5, 0.6) is 0 Å². The Hall–Kier alpha value is -0.220. The summed E-state index contributed by atoms with van der Waals surface area (Å²) in [4.78, 5) is 13.8. The molecule has 0 aromatic rings. The number of thioether (sulfide) groups is 1. The molecule has 88 valence electrons. The molecule has 1 heterocycles. The second-order valence-electron chi connectivity index (χ2n) is 3.97. The van der Waals surface area contributed by atoms with Crippen molar-refractivity contribution in [1.82, 2.24) is 10.2 Å². The molecule has 1 saturated heterocycles. The minimum Gasteiger partial charge on any atom is -0.326 e. The number of rotatable bonds is 6. The Morgan fingerprint density at radius 3 is 2.87 bits per heavy atom. The van der Waals surface area contributed by atoms with Gasteiger partial charge in [0, 0.05) is 6.04 Å². The minimum atomic E-state index is 0.0614. The van der Waals surface area contributed by atoms with Crippen LogP contribution in [0.1, 0.15) is 33.6 Å². The second kappa shape index (κ2) is 6.38. The maximum Gasteiger partial charge on any atom is 0.241 e. The van der Waals surface area contributed by atoms with Gasteiger partial charge in [0.05, 0.1) is 12.7 Å². The molecule has 0 aromatic heterocycles. The summed E-state index contributed by atoms with van der Waals surface area (Å²) < 4.78 is 0. The van der Waals surface area contributed by atoms with Crippen molar-refractivity contribution in [1.29, 1.82) is 0 Å². The highest BCUT2D eigenvalue weighted by Gasteiger charge is 2.32. The first-order valence-electron chi connectivity index (χ1n) is 5.82. The van der Waals surface area contributed by atoms with Crippen molar-refractivity contribution in [2.45, 2.75) is 45.7 Å². The van der Waals surface area contributed by atoms with Gasteiger partial charge in [0.1, 0.15) is 0 Å². The monoisotopic (exact) mass is 230 g/mol.